The lowest BCUT2D eigenvalue weighted by molar-refractivity contribution is -0.140. The van der Waals surface area contributed by atoms with Gasteiger partial charge >= 0.3 is 12.0 Å². The van der Waals surface area contributed by atoms with Gasteiger partial charge in [0.25, 0.3) is 0 Å². The van der Waals surface area contributed by atoms with E-state index in [1.165, 1.54) is 0 Å². The topological polar surface area (TPSA) is 69.6 Å². The zero-order valence-electron chi connectivity index (χ0n) is 11.8. The molecule has 0 saturated carbocycles. The largest absolute Gasteiger partial charge is 0.480 e. The van der Waals surface area contributed by atoms with Gasteiger partial charge in [0.05, 0.1) is 0 Å². The van der Waals surface area contributed by atoms with Crippen LogP contribution < -0.4 is 10.2 Å². The van der Waals surface area contributed by atoms with Gasteiger partial charge in [-0.15, -0.1) is 0 Å². The number of aryl methyl sites for hydroxylation is 1. The Kier molecular flexibility index (Phi) is 4.27. The summed E-state index contributed by atoms with van der Waals surface area (Å²) in [7, 11) is 0. The van der Waals surface area contributed by atoms with E-state index in [0.717, 1.165) is 24.1 Å². The number of aliphatic carboxylic acids is 1. The number of carboxylic acids is 1. The fraction of sp³-hybridized carbons (Fsp3) is 0.467. The molecule has 0 fully saturated rings. The summed E-state index contributed by atoms with van der Waals surface area (Å²) in [6.45, 7) is 4.18. The summed E-state index contributed by atoms with van der Waals surface area (Å²) >= 11 is 0. The second-order valence-corrected chi connectivity index (χ2v) is 5.39. The first kappa shape index (κ1) is 14.4. The van der Waals surface area contributed by atoms with Crippen LogP contribution in [-0.4, -0.2) is 29.7 Å². The van der Waals surface area contributed by atoms with Gasteiger partial charge in [0, 0.05) is 12.2 Å². The molecule has 0 spiro atoms. The Bertz CT molecular complexity index is 514. The van der Waals surface area contributed by atoms with Crippen LogP contribution in [0.4, 0.5) is 10.5 Å². The number of carbonyl (C=O) groups is 2. The van der Waals surface area contributed by atoms with Crippen molar-refractivity contribution in [3.05, 3.63) is 29.8 Å². The number of anilines is 1. The number of carbonyl (C=O) groups excluding carboxylic acids is 1. The van der Waals surface area contributed by atoms with E-state index in [2.05, 4.69) is 5.32 Å². The number of urea groups is 1. The quantitative estimate of drug-likeness (QED) is 0.889. The van der Waals surface area contributed by atoms with Crippen LogP contribution in [0.2, 0.25) is 0 Å². The first-order valence-corrected chi connectivity index (χ1v) is 6.89. The van der Waals surface area contributed by atoms with E-state index in [0.29, 0.717) is 6.54 Å². The Morgan fingerprint density at radius 1 is 1.30 bits per heavy atom. The highest BCUT2D eigenvalue weighted by Crippen LogP contribution is 2.26. The molecule has 1 heterocycles. The molecule has 5 heteroatoms. The molecule has 0 bridgehead atoms. The molecular formula is C15H20N2O3. The lowest BCUT2D eigenvalue weighted by Gasteiger charge is -2.31. The SMILES string of the molecule is CC(C)[C@@H](NC(=O)N1CCCc2ccccc21)C(=O)O. The standard InChI is InChI=1S/C15H20N2O3/c1-10(2)13(14(18)19)16-15(20)17-9-5-7-11-6-3-4-8-12(11)17/h3-4,6,8,10,13H,5,7,9H2,1-2H3,(H,16,20)(H,18,19)/t13-/m1/s1. The zero-order valence-corrected chi connectivity index (χ0v) is 11.8. The van der Waals surface area contributed by atoms with Crippen molar-refractivity contribution in [1.82, 2.24) is 5.32 Å². The van der Waals surface area contributed by atoms with E-state index in [1.54, 1.807) is 18.7 Å². The fourth-order valence-electron chi connectivity index (χ4n) is 2.47. The molecule has 2 amide bonds. The zero-order chi connectivity index (χ0) is 14.7. The summed E-state index contributed by atoms with van der Waals surface area (Å²) in [6.07, 6.45) is 1.84. The predicted molar refractivity (Wildman–Crippen MR) is 76.9 cm³/mol. The summed E-state index contributed by atoms with van der Waals surface area (Å²) in [5.74, 6) is -1.16. The Morgan fingerprint density at radius 3 is 2.65 bits per heavy atom. The molecule has 1 aliphatic heterocycles. The van der Waals surface area contributed by atoms with E-state index in [1.807, 2.05) is 24.3 Å². The number of hydrogen-bond acceptors (Lipinski definition) is 2. The smallest absolute Gasteiger partial charge is 0.326 e. The second-order valence-electron chi connectivity index (χ2n) is 5.39. The van der Waals surface area contributed by atoms with Gasteiger partial charge in [0.2, 0.25) is 0 Å². The molecule has 5 nitrogen and oxygen atoms in total. The first-order valence-electron chi connectivity index (χ1n) is 6.89. The maximum absolute atomic E-state index is 12.3. The van der Waals surface area contributed by atoms with Crippen LogP contribution in [0.5, 0.6) is 0 Å². The first-order chi connectivity index (χ1) is 9.50. The minimum absolute atomic E-state index is 0.156. The molecule has 0 radical (unpaired) electrons. The van der Waals surface area contributed by atoms with Crippen LogP contribution in [0.1, 0.15) is 25.8 Å². The van der Waals surface area contributed by atoms with Crippen molar-refractivity contribution < 1.29 is 14.7 Å². The van der Waals surface area contributed by atoms with Crippen LogP contribution in [0.15, 0.2) is 24.3 Å². The Morgan fingerprint density at radius 2 is 2.00 bits per heavy atom. The number of nitrogens with one attached hydrogen (secondary N) is 1. The van der Waals surface area contributed by atoms with Crippen molar-refractivity contribution in [3.8, 4) is 0 Å². The van der Waals surface area contributed by atoms with Gasteiger partial charge in [0.15, 0.2) is 0 Å². The highest BCUT2D eigenvalue weighted by Gasteiger charge is 2.28. The molecule has 0 saturated heterocycles. The van der Waals surface area contributed by atoms with Gasteiger partial charge < -0.3 is 10.4 Å². The number of benzene rings is 1. The number of para-hydroxylation sites is 1. The third kappa shape index (κ3) is 2.92. The van der Waals surface area contributed by atoms with Crippen LogP contribution in [0.25, 0.3) is 0 Å². The number of carboxylic acid groups (broad SMARTS) is 1. The summed E-state index contributed by atoms with van der Waals surface area (Å²) < 4.78 is 0. The Balaban J connectivity index is 2.16. The van der Waals surface area contributed by atoms with Crippen molar-refractivity contribution in [2.45, 2.75) is 32.7 Å². The van der Waals surface area contributed by atoms with Crippen LogP contribution >= 0.6 is 0 Å². The lowest BCUT2D eigenvalue weighted by Crippen LogP contribution is -2.51. The molecule has 1 atom stereocenters. The number of fused-ring (bicyclic) bond motifs is 1. The van der Waals surface area contributed by atoms with Crippen LogP contribution in [0, 0.1) is 5.92 Å². The maximum atomic E-state index is 12.3. The molecule has 1 aliphatic rings. The van der Waals surface area contributed by atoms with Crippen molar-refractivity contribution in [1.29, 1.82) is 0 Å². The molecule has 0 aromatic heterocycles. The summed E-state index contributed by atoms with van der Waals surface area (Å²) in [4.78, 5) is 25.1. The molecule has 108 valence electrons. The molecule has 2 rings (SSSR count). The molecule has 20 heavy (non-hydrogen) atoms. The molecule has 2 N–H and O–H groups in total. The summed E-state index contributed by atoms with van der Waals surface area (Å²) in [5.41, 5.74) is 2.01. The second kappa shape index (κ2) is 5.94. The highest BCUT2D eigenvalue weighted by atomic mass is 16.4. The van der Waals surface area contributed by atoms with E-state index in [4.69, 9.17) is 5.11 Å². The molecular weight excluding hydrogens is 256 g/mol. The average Bonchev–Trinajstić information content (AvgIpc) is 2.43. The monoisotopic (exact) mass is 276 g/mol. The highest BCUT2D eigenvalue weighted by molar-refractivity contribution is 5.95. The van der Waals surface area contributed by atoms with Crippen molar-refractivity contribution in [3.63, 3.8) is 0 Å². The van der Waals surface area contributed by atoms with Gasteiger partial charge in [-0.3, -0.25) is 4.90 Å². The van der Waals surface area contributed by atoms with Crippen LogP contribution in [-0.2, 0) is 11.2 Å². The number of hydrogen-bond donors (Lipinski definition) is 2. The van der Waals surface area contributed by atoms with Crippen molar-refractivity contribution in [2.24, 2.45) is 5.92 Å². The Hall–Kier alpha value is -2.04. The summed E-state index contributed by atoms with van der Waals surface area (Å²) in [6, 6.07) is 6.55. The third-order valence-electron chi connectivity index (χ3n) is 3.57. The average molecular weight is 276 g/mol. The minimum atomic E-state index is -1.00. The number of amides is 2. The Labute approximate surface area is 118 Å². The van der Waals surface area contributed by atoms with Gasteiger partial charge in [-0.2, -0.15) is 0 Å². The van der Waals surface area contributed by atoms with E-state index in [9.17, 15) is 9.59 Å². The molecule has 1 aromatic carbocycles. The molecule has 0 aliphatic carbocycles. The third-order valence-corrected chi connectivity index (χ3v) is 3.57. The fourth-order valence-corrected chi connectivity index (χ4v) is 2.47. The summed E-state index contributed by atoms with van der Waals surface area (Å²) in [5, 5.41) is 11.8. The lowest BCUT2D eigenvalue weighted by atomic mass is 10.0. The van der Waals surface area contributed by atoms with Crippen molar-refractivity contribution in [2.75, 3.05) is 11.4 Å². The number of nitrogens with zero attached hydrogens (tertiary/aromatic N) is 1. The van der Waals surface area contributed by atoms with E-state index < -0.39 is 12.0 Å². The van der Waals surface area contributed by atoms with Gasteiger partial charge in [-0.25, -0.2) is 9.59 Å². The van der Waals surface area contributed by atoms with Gasteiger partial charge in [-0.1, -0.05) is 32.0 Å². The maximum Gasteiger partial charge on any atom is 0.326 e. The van der Waals surface area contributed by atoms with Gasteiger partial charge in [0.1, 0.15) is 6.04 Å². The normalized spacial score (nSPS) is 15.7. The van der Waals surface area contributed by atoms with Gasteiger partial charge in [-0.05, 0) is 30.4 Å². The predicted octanol–water partition coefficient (Wildman–Crippen LogP) is 2.26. The van der Waals surface area contributed by atoms with E-state index in [-0.39, 0.29) is 11.9 Å². The number of rotatable bonds is 3. The van der Waals surface area contributed by atoms with Crippen molar-refractivity contribution >= 4 is 17.7 Å². The van der Waals surface area contributed by atoms with E-state index >= 15 is 0 Å². The van der Waals surface area contributed by atoms with Crippen LogP contribution in [0.3, 0.4) is 0 Å². The molecule has 1 aromatic rings. The molecule has 0 unspecified atom stereocenters. The minimum Gasteiger partial charge on any atom is -0.480 e.